The van der Waals surface area contributed by atoms with E-state index in [0.29, 0.717) is 5.82 Å². The van der Waals surface area contributed by atoms with Crippen molar-refractivity contribution in [2.75, 3.05) is 5.32 Å². The minimum Gasteiger partial charge on any atom is -0.338 e. The molecule has 114 valence electrons. The zero-order chi connectivity index (χ0) is 16.1. The molecule has 23 heavy (non-hydrogen) atoms. The molecular formula is C19H17N3S. The lowest BCUT2D eigenvalue weighted by atomic mass is 10.2. The Hall–Kier alpha value is -2.59. The SMILES string of the molecule is C=CSC(=C)c1nc2c(nc1Nc1ccccc1)C=CC=CC2. The fourth-order valence-electron chi connectivity index (χ4n) is 2.27. The molecule has 0 spiro atoms. The number of nitrogens with one attached hydrogen (secondary N) is 1. The van der Waals surface area contributed by atoms with Crippen LogP contribution < -0.4 is 5.32 Å². The van der Waals surface area contributed by atoms with Gasteiger partial charge in [0.05, 0.1) is 11.4 Å². The number of hydrogen-bond acceptors (Lipinski definition) is 4. The van der Waals surface area contributed by atoms with Crippen LogP contribution in [0.1, 0.15) is 17.1 Å². The quantitative estimate of drug-likeness (QED) is 0.822. The van der Waals surface area contributed by atoms with Gasteiger partial charge in [0.1, 0.15) is 5.69 Å². The summed E-state index contributed by atoms with van der Waals surface area (Å²) in [7, 11) is 0. The molecule has 1 N–H and O–H groups in total. The van der Waals surface area contributed by atoms with Crippen molar-refractivity contribution in [2.45, 2.75) is 6.42 Å². The molecule has 0 unspecified atom stereocenters. The van der Waals surface area contributed by atoms with Crippen molar-refractivity contribution in [3.05, 3.63) is 84.2 Å². The molecule has 1 aliphatic carbocycles. The first kappa shape index (κ1) is 15.3. The summed E-state index contributed by atoms with van der Waals surface area (Å²) < 4.78 is 0. The van der Waals surface area contributed by atoms with Crippen molar-refractivity contribution < 1.29 is 0 Å². The molecule has 0 aliphatic heterocycles. The molecule has 3 nitrogen and oxygen atoms in total. The van der Waals surface area contributed by atoms with Crippen LogP contribution in [0.5, 0.6) is 0 Å². The third kappa shape index (κ3) is 3.60. The van der Waals surface area contributed by atoms with E-state index in [0.717, 1.165) is 34.1 Å². The number of thioether (sulfide) groups is 1. The van der Waals surface area contributed by atoms with Gasteiger partial charge in [0.15, 0.2) is 5.82 Å². The van der Waals surface area contributed by atoms with Gasteiger partial charge in [-0.1, -0.05) is 61.3 Å². The molecule has 2 aromatic rings. The molecule has 4 heteroatoms. The van der Waals surface area contributed by atoms with Crippen molar-refractivity contribution in [2.24, 2.45) is 0 Å². The molecule has 0 saturated heterocycles. The largest absolute Gasteiger partial charge is 0.338 e. The third-order valence-electron chi connectivity index (χ3n) is 3.34. The predicted molar refractivity (Wildman–Crippen MR) is 100 cm³/mol. The Bertz CT molecular complexity index is 792. The number of hydrogen-bond donors (Lipinski definition) is 1. The van der Waals surface area contributed by atoms with E-state index in [9.17, 15) is 0 Å². The molecule has 0 bridgehead atoms. The average Bonchev–Trinajstić information content (AvgIpc) is 2.80. The van der Waals surface area contributed by atoms with Gasteiger partial charge in [-0.15, -0.1) is 0 Å². The Labute approximate surface area is 140 Å². The van der Waals surface area contributed by atoms with E-state index in [1.807, 2.05) is 48.6 Å². The highest BCUT2D eigenvalue weighted by molar-refractivity contribution is 8.10. The van der Waals surface area contributed by atoms with Crippen LogP contribution in [-0.4, -0.2) is 9.97 Å². The van der Waals surface area contributed by atoms with Crippen LogP contribution in [0.15, 0.2) is 67.1 Å². The highest BCUT2D eigenvalue weighted by atomic mass is 32.2. The van der Waals surface area contributed by atoms with Crippen LogP contribution in [0.3, 0.4) is 0 Å². The number of nitrogens with zero attached hydrogens (tertiary/aromatic N) is 2. The molecule has 0 radical (unpaired) electrons. The second kappa shape index (κ2) is 7.11. The zero-order valence-corrected chi connectivity index (χ0v) is 13.5. The summed E-state index contributed by atoms with van der Waals surface area (Å²) >= 11 is 1.46. The van der Waals surface area contributed by atoms with Crippen LogP contribution in [0.25, 0.3) is 11.0 Å². The molecule has 0 saturated carbocycles. The van der Waals surface area contributed by atoms with E-state index in [-0.39, 0.29) is 0 Å². The Morgan fingerprint density at radius 1 is 1.17 bits per heavy atom. The van der Waals surface area contributed by atoms with Crippen molar-refractivity contribution in [1.29, 1.82) is 0 Å². The lowest BCUT2D eigenvalue weighted by Gasteiger charge is -2.14. The second-order valence-electron chi connectivity index (χ2n) is 4.94. The van der Waals surface area contributed by atoms with Crippen LogP contribution in [0.2, 0.25) is 0 Å². The van der Waals surface area contributed by atoms with Gasteiger partial charge in [0.2, 0.25) is 0 Å². The van der Waals surface area contributed by atoms with E-state index in [4.69, 9.17) is 9.97 Å². The fourth-order valence-corrected chi connectivity index (χ4v) is 2.72. The zero-order valence-electron chi connectivity index (χ0n) is 12.7. The van der Waals surface area contributed by atoms with E-state index in [1.165, 1.54) is 11.8 Å². The summed E-state index contributed by atoms with van der Waals surface area (Å²) in [6.45, 7) is 7.86. The van der Waals surface area contributed by atoms with Gasteiger partial charge in [-0.25, -0.2) is 9.97 Å². The Morgan fingerprint density at radius 3 is 2.78 bits per heavy atom. The van der Waals surface area contributed by atoms with Crippen LogP contribution >= 0.6 is 11.8 Å². The molecule has 1 heterocycles. The highest BCUT2D eigenvalue weighted by Crippen LogP contribution is 2.32. The first-order valence-corrected chi connectivity index (χ1v) is 8.19. The maximum absolute atomic E-state index is 4.79. The van der Waals surface area contributed by atoms with Crippen molar-refractivity contribution in [1.82, 2.24) is 9.97 Å². The summed E-state index contributed by atoms with van der Waals surface area (Å²) in [6.07, 6.45) is 8.82. The fraction of sp³-hybridized carbons (Fsp3) is 0.0526. The molecule has 1 aliphatic rings. The maximum Gasteiger partial charge on any atom is 0.158 e. The smallest absolute Gasteiger partial charge is 0.158 e. The van der Waals surface area contributed by atoms with Gasteiger partial charge in [-0.3, -0.25) is 0 Å². The third-order valence-corrected chi connectivity index (χ3v) is 3.98. The van der Waals surface area contributed by atoms with Gasteiger partial charge in [0, 0.05) is 17.0 Å². The summed E-state index contributed by atoms with van der Waals surface area (Å²) in [5.74, 6) is 0.709. The number of para-hydroxylation sites is 1. The standard InChI is InChI=1S/C19H17N3S/c1-3-23-14(2)18-19(20-15-10-6-4-7-11-15)22-17-13-9-5-8-12-16(17)21-18/h3-11,13H,1-2,12H2,(H,20,22). The van der Waals surface area contributed by atoms with Crippen molar-refractivity contribution >= 4 is 34.2 Å². The summed E-state index contributed by atoms with van der Waals surface area (Å²) in [5, 5.41) is 5.10. The normalized spacial score (nSPS) is 12.3. The topological polar surface area (TPSA) is 37.8 Å². The predicted octanol–water partition coefficient (Wildman–Crippen LogP) is 5.19. The van der Waals surface area contributed by atoms with E-state index in [1.54, 1.807) is 5.41 Å². The van der Waals surface area contributed by atoms with Crippen LogP contribution in [0, 0.1) is 0 Å². The lowest BCUT2D eigenvalue weighted by Crippen LogP contribution is -2.06. The first-order chi connectivity index (χ1) is 11.3. The van der Waals surface area contributed by atoms with Gasteiger partial charge >= 0.3 is 0 Å². The summed E-state index contributed by atoms with van der Waals surface area (Å²) in [5.41, 5.74) is 3.57. The van der Waals surface area contributed by atoms with Gasteiger partial charge in [-0.05, 0) is 23.6 Å². The van der Waals surface area contributed by atoms with Crippen molar-refractivity contribution in [3.8, 4) is 0 Å². The van der Waals surface area contributed by atoms with Gasteiger partial charge in [0.25, 0.3) is 0 Å². The second-order valence-corrected chi connectivity index (χ2v) is 6.00. The van der Waals surface area contributed by atoms with E-state index < -0.39 is 0 Å². The van der Waals surface area contributed by atoms with Gasteiger partial charge < -0.3 is 5.32 Å². The summed E-state index contributed by atoms with van der Waals surface area (Å²) in [4.78, 5) is 10.4. The molecular weight excluding hydrogens is 302 g/mol. The number of rotatable bonds is 5. The van der Waals surface area contributed by atoms with Gasteiger partial charge in [-0.2, -0.15) is 0 Å². The molecule has 3 rings (SSSR count). The number of aromatic nitrogens is 2. The minimum absolute atomic E-state index is 0.709. The molecule has 1 aromatic heterocycles. The maximum atomic E-state index is 4.79. The Morgan fingerprint density at radius 2 is 2.00 bits per heavy atom. The number of fused-ring (bicyclic) bond motifs is 1. The molecule has 0 amide bonds. The van der Waals surface area contributed by atoms with E-state index >= 15 is 0 Å². The average molecular weight is 319 g/mol. The first-order valence-electron chi connectivity index (χ1n) is 7.31. The monoisotopic (exact) mass is 319 g/mol. The van der Waals surface area contributed by atoms with Crippen molar-refractivity contribution in [3.63, 3.8) is 0 Å². The molecule has 0 fully saturated rings. The van der Waals surface area contributed by atoms with Crippen LogP contribution in [0.4, 0.5) is 11.5 Å². The number of anilines is 2. The Kier molecular flexibility index (Phi) is 4.74. The lowest BCUT2D eigenvalue weighted by molar-refractivity contribution is 1.03. The highest BCUT2D eigenvalue weighted by Gasteiger charge is 2.15. The molecule has 0 atom stereocenters. The van der Waals surface area contributed by atoms with Crippen LogP contribution in [-0.2, 0) is 6.42 Å². The van der Waals surface area contributed by atoms with E-state index in [2.05, 4.69) is 24.6 Å². The summed E-state index contributed by atoms with van der Waals surface area (Å²) in [6, 6.07) is 9.94. The molecule has 1 aromatic carbocycles. The number of benzene rings is 1. The Balaban J connectivity index is 2.06. The number of allylic oxidation sites excluding steroid dienone is 3. The minimum atomic E-state index is 0.709.